The predicted molar refractivity (Wildman–Crippen MR) is 90.2 cm³/mol. The van der Waals surface area contributed by atoms with Crippen LogP contribution in [0.3, 0.4) is 0 Å². The number of halogens is 2. The number of carbonyl (C=O) groups excluding carboxylic acids is 1. The van der Waals surface area contributed by atoms with E-state index in [0.717, 1.165) is 21.9 Å². The monoisotopic (exact) mass is 342 g/mol. The van der Waals surface area contributed by atoms with Gasteiger partial charge in [0.25, 0.3) is 0 Å². The van der Waals surface area contributed by atoms with Crippen LogP contribution in [0.15, 0.2) is 42.9 Å². The number of carbonyl (C=O) groups is 1. The summed E-state index contributed by atoms with van der Waals surface area (Å²) in [6, 6.07) is 7.67. The van der Waals surface area contributed by atoms with E-state index in [1.165, 1.54) is 0 Å². The lowest BCUT2D eigenvalue weighted by atomic mass is 9.81. The molecule has 0 spiro atoms. The van der Waals surface area contributed by atoms with E-state index in [-0.39, 0.29) is 0 Å². The normalized spacial score (nSPS) is 16.6. The van der Waals surface area contributed by atoms with Crippen molar-refractivity contribution in [1.82, 2.24) is 14.8 Å². The number of pyridine rings is 1. The van der Waals surface area contributed by atoms with Crippen LogP contribution < -0.4 is 5.32 Å². The molecule has 0 saturated heterocycles. The van der Waals surface area contributed by atoms with Gasteiger partial charge in [0.15, 0.2) is 0 Å². The predicted octanol–water partition coefficient (Wildman–Crippen LogP) is 3.62. The van der Waals surface area contributed by atoms with E-state index in [9.17, 15) is 13.6 Å². The first-order valence-electron chi connectivity index (χ1n) is 7.97. The van der Waals surface area contributed by atoms with E-state index in [2.05, 4.69) is 15.4 Å². The van der Waals surface area contributed by atoms with Gasteiger partial charge in [-0.3, -0.25) is 9.48 Å². The van der Waals surface area contributed by atoms with Crippen LogP contribution in [0.2, 0.25) is 0 Å². The maximum absolute atomic E-state index is 12.9. The van der Waals surface area contributed by atoms with Crippen molar-refractivity contribution in [2.45, 2.75) is 18.8 Å². The van der Waals surface area contributed by atoms with E-state index < -0.39 is 30.6 Å². The number of aryl methyl sites for hydroxylation is 1. The Morgan fingerprint density at radius 2 is 2.00 bits per heavy atom. The molecule has 0 aliphatic heterocycles. The van der Waals surface area contributed by atoms with E-state index in [1.807, 2.05) is 31.4 Å². The second kappa shape index (κ2) is 5.61. The van der Waals surface area contributed by atoms with Crippen molar-refractivity contribution in [2.24, 2.45) is 13.0 Å². The van der Waals surface area contributed by atoms with Gasteiger partial charge in [0, 0.05) is 49.2 Å². The maximum Gasteiger partial charge on any atom is 0.249 e. The molecule has 5 nitrogen and oxygen atoms in total. The number of benzene rings is 1. The maximum atomic E-state index is 12.9. The third-order valence-electron chi connectivity index (χ3n) is 4.47. The minimum absolute atomic E-state index is 0.371. The Kier molecular flexibility index (Phi) is 3.52. The van der Waals surface area contributed by atoms with Crippen LogP contribution in [0.5, 0.6) is 0 Å². The zero-order valence-electron chi connectivity index (χ0n) is 13.5. The highest BCUT2D eigenvalue weighted by molar-refractivity contribution is 5.95. The summed E-state index contributed by atoms with van der Waals surface area (Å²) in [5, 5.41) is 8.64. The molecule has 0 bridgehead atoms. The quantitative estimate of drug-likeness (QED) is 0.791. The van der Waals surface area contributed by atoms with Crippen molar-refractivity contribution in [1.29, 1.82) is 0 Å². The van der Waals surface area contributed by atoms with Crippen LogP contribution in [0, 0.1) is 5.92 Å². The molecule has 0 unspecified atom stereocenters. The summed E-state index contributed by atoms with van der Waals surface area (Å²) in [5.74, 6) is -3.39. The van der Waals surface area contributed by atoms with Crippen molar-refractivity contribution >= 4 is 22.5 Å². The first-order chi connectivity index (χ1) is 11.9. The lowest BCUT2D eigenvalue weighted by Crippen LogP contribution is -2.42. The van der Waals surface area contributed by atoms with Crippen molar-refractivity contribution in [3.63, 3.8) is 0 Å². The summed E-state index contributed by atoms with van der Waals surface area (Å²) in [5.41, 5.74) is 1.99. The number of rotatable bonds is 3. The number of hydrogen-bond acceptors (Lipinski definition) is 3. The fourth-order valence-corrected chi connectivity index (χ4v) is 3.03. The van der Waals surface area contributed by atoms with Crippen molar-refractivity contribution in [2.75, 3.05) is 5.32 Å². The average molecular weight is 342 g/mol. The molecule has 1 aliphatic carbocycles. The van der Waals surface area contributed by atoms with Gasteiger partial charge in [-0.2, -0.15) is 5.10 Å². The number of fused-ring (bicyclic) bond motifs is 1. The van der Waals surface area contributed by atoms with Crippen LogP contribution in [-0.4, -0.2) is 26.6 Å². The van der Waals surface area contributed by atoms with Crippen LogP contribution >= 0.6 is 0 Å². The number of anilines is 1. The summed E-state index contributed by atoms with van der Waals surface area (Å²) >= 11 is 0. The molecular weight excluding hydrogens is 326 g/mol. The Bertz CT molecular complexity index is 959. The summed E-state index contributed by atoms with van der Waals surface area (Å²) in [4.78, 5) is 16.2. The Hall–Kier alpha value is -2.83. The lowest BCUT2D eigenvalue weighted by molar-refractivity contribution is -0.145. The van der Waals surface area contributed by atoms with Gasteiger partial charge in [-0.1, -0.05) is 12.1 Å². The highest BCUT2D eigenvalue weighted by Crippen LogP contribution is 2.42. The number of amides is 1. The minimum Gasteiger partial charge on any atom is -0.310 e. The zero-order chi connectivity index (χ0) is 17.6. The Morgan fingerprint density at radius 3 is 2.68 bits per heavy atom. The molecule has 1 aromatic carbocycles. The highest BCUT2D eigenvalue weighted by atomic mass is 19.3. The number of aromatic nitrogens is 3. The van der Waals surface area contributed by atoms with Crippen LogP contribution in [0.1, 0.15) is 12.8 Å². The fourth-order valence-electron chi connectivity index (χ4n) is 3.03. The number of nitrogens with one attached hydrogen (secondary N) is 1. The zero-order valence-corrected chi connectivity index (χ0v) is 13.5. The summed E-state index contributed by atoms with van der Waals surface area (Å²) in [6.45, 7) is 0. The third-order valence-corrected chi connectivity index (χ3v) is 4.47. The topological polar surface area (TPSA) is 59.8 Å². The van der Waals surface area contributed by atoms with Crippen LogP contribution in [0.4, 0.5) is 14.6 Å². The molecule has 2 aromatic heterocycles. The van der Waals surface area contributed by atoms with Gasteiger partial charge in [0.1, 0.15) is 5.82 Å². The Balaban J connectivity index is 1.57. The molecule has 1 N–H and O–H groups in total. The van der Waals surface area contributed by atoms with Gasteiger partial charge in [0.05, 0.1) is 6.20 Å². The molecule has 7 heteroatoms. The van der Waals surface area contributed by atoms with E-state index in [0.29, 0.717) is 5.82 Å². The smallest absolute Gasteiger partial charge is 0.249 e. The molecule has 3 aromatic rings. The van der Waals surface area contributed by atoms with E-state index in [1.54, 1.807) is 23.1 Å². The minimum atomic E-state index is -2.71. The van der Waals surface area contributed by atoms with Crippen molar-refractivity contribution < 1.29 is 13.6 Å². The molecule has 1 aliphatic rings. The van der Waals surface area contributed by atoms with Gasteiger partial charge >= 0.3 is 0 Å². The molecule has 4 rings (SSSR count). The third kappa shape index (κ3) is 3.09. The second-order valence-electron chi connectivity index (χ2n) is 6.48. The van der Waals surface area contributed by atoms with Crippen molar-refractivity contribution in [3.05, 3.63) is 42.9 Å². The molecular formula is C18H16F2N4O. The number of hydrogen-bond donors (Lipinski definition) is 1. The van der Waals surface area contributed by atoms with Crippen LogP contribution in [0.25, 0.3) is 21.9 Å². The Morgan fingerprint density at radius 1 is 1.20 bits per heavy atom. The Labute approximate surface area is 142 Å². The molecule has 1 amide bonds. The largest absolute Gasteiger partial charge is 0.310 e. The summed E-state index contributed by atoms with van der Waals surface area (Å²) in [7, 11) is 1.85. The molecule has 2 heterocycles. The van der Waals surface area contributed by atoms with E-state index >= 15 is 0 Å². The molecule has 128 valence electrons. The SMILES string of the molecule is Cn1cc(-c2ccc3cnc(NC(=O)C4CC(F)(F)C4)cc3c2)cn1. The standard InChI is InChI=1S/C18H16F2N4O/c1-24-10-15(9-22-24)11-2-3-12-8-21-16(5-13(12)4-11)23-17(25)14-6-18(19,20)7-14/h2-5,8-10,14H,6-7H2,1H3,(H,21,23,25). The first-order valence-corrected chi connectivity index (χ1v) is 7.97. The van der Waals surface area contributed by atoms with Gasteiger partial charge in [0.2, 0.25) is 11.8 Å². The molecule has 0 radical (unpaired) electrons. The molecule has 0 atom stereocenters. The van der Waals surface area contributed by atoms with Gasteiger partial charge in [-0.15, -0.1) is 0 Å². The first kappa shape index (κ1) is 15.7. The molecule has 1 fully saturated rings. The van der Waals surface area contributed by atoms with Gasteiger partial charge in [-0.25, -0.2) is 13.8 Å². The average Bonchev–Trinajstić information content (AvgIpc) is 2.98. The summed E-state index contributed by atoms with van der Waals surface area (Å²) < 4.78 is 27.5. The fraction of sp³-hybridized carbons (Fsp3) is 0.278. The molecule has 25 heavy (non-hydrogen) atoms. The van der Waals surface area contributed by atoms with Crippen molar-refractivity contribution in [3.8, 4) is 11.1 Å². The second-order valence-corrected chi connectivity index (χ2v) is 6.48. The number of alkyl halides is 2. The molecule has 1 saturated carbocycles. The van der Waals surface area contributed by atoms with Gasteiger partial charge < -0.3 is 5.32 Å². The lowest BCUT2D eigenvalue weighted by Gasteiger charge is -2.33. The van der Waals surface area contributed by atoms with Crippen LogP contribution in [-0.2, 0) is 11.8 Å². The highest BCUT2D eigenvalue weighted by Gasteiger charge is 2.48. The number of nitrogens with zero attached hydrogens (tertiary/aromatic N) is 3. The summed E-state index contributed by atoms with van der Waals surface area (Å²) in [6.07, 6.45) is 4.58. The van der Waals surface area contributed by atoms with E-state index in [4.69, 9.17) is 0 Å². The van der Waals surface area contributed by atoms with Gasteiger partial charge in [-0.05, 0) is 23.1 Å².